The topological polar surface area (TPSA) is 25.2 Å². The normalized spacial score (nSPS) is 12.7. The van der Waals surface area contributed by atoms with E-state index >= 15 is 0 Å². The van der Waals surface area contributed by atoms with Crippen LogP contribution in [0, 0.1) is 19.7 Å². The minimum atomic E-state index is -0.184. The van der Waals surface area contributed by atoms with Crippen molar-refractivity contribution >= 4 is 0 Å². The Morgan fingerprint density at radius 2 is 1.89 bits per heavy atom. The van der Waals surface area contributed by atoms with Gasteiger partial charge in [0.25, 0.3) is 0 Å². The lowest BCUT2D eigenvalue weighted by Crippen LogP contribution is -2.20. The summed E-state index contributed by atoms with van der Waals surface area (Å²) in [6.07, 6.45) is 2.56. The van der Waals surface area contributed by atoms with E-state index < -0.39 is 0 Å². The highest BCUT2D eigenvalue weighted by Gasteiger charge is 2.21. The summed E-state index contributed by atoms with van der Waals surface area (Å²) in [6.45, 7) is 5.96. The average Bonchev–Trinajstić information content (AvgIpc) is 2.81. The quantitative estimate of drug-likeness (QED) is 0.902. The van der Waals surface area contributed by atoms with Crippen LogP contribution < -0.4 is 5.32 Å². The summed E-state index contributed by atoms with van der Waals surface area (Å²) < 4.78 is 18.9. The van der Waals surface area contributed by atoms with E-state index in [1.165, 1.54) is 0 Å². The Bertz CT molecular complexity index is 551. The molecule has 0 aliphatic carbocycles. The fourth-order valence-corrected chi connectivity index (χ4v) is 2.73. The summed E-state index contributed by atoms with van der Waals surface area (Å²) in [5, 5.41) is 3.31. The van der Waals surface area contributed by atoms with Gasteiger partial charge in [0.15, 0.2) is 0 Å². The van der Waals surface area contributed by atoms with Gasteiger partial charge in [0.05, 0.1) is 12.3 Å². The molecule has 0 saturated heterocycles. The highest BCUT2D eigenvalue weighted by atomic mass is 19.1. The van der Waals surface area contributed by atoms with E-state index in [4.69, 9.17) is 4.42 Å². The number of halogens is 1. The van der Waals surface area contributed by atoms with Gasteiger partial charge in [-0.2, -0.15) is 0 Å². The Labute approximate surface area is 113 Å². The van der Waals surface area contributed by atoms with Gasteiger partial charge in [-0.05, 0) is 55.8 Å². The molecule has 1 atom stereocenters. The number of rotatable bonds is 4. The van der Waals surface area contributed by atoms with Crippen molar-refractivity contribution in [2.75, 3.05) is 7.05 Å². The number of benzene rings is 1. The Kier molecular flexibility index (Phi) is 4.05. The third kappa shape index (κ3) is 2.56. The fraction of sp³-hybridized carbons (Fsp3) is 0.375. The smallest absolute Gasteiger partial charge is 0.123 e. The molecule has 2 nitrogen and oxygen atoms in total. The van der Waals surface area contributed by atoms with Crippen molar-refractivity contribution in [1.29, 1.82) is 0 Å². The lowest BCUT2D eigenvalue weighted by Gasteiger charge is -2.21. The molecule has 1 unspecified atom stereocenters. The number of hydrogen-bond acceptors (Lipinski definition) is 2. The molecule has 1 aromatic carbocycles. The molecule has 0 radical (unpaired) electrons. The molecule has 2 aromatic rings. The predicted octanol–water partition coefficient (Wildman–Crippen LogP) is 3.91. The van der Waals surface area contributed by atoms with E-state index in [-0.39, 0.29) is 11.9 Å². The molecule has 0 saturated carbocycles. The monoisotopic (exact) mass is 261 g/mol. The molecule has 2 rings (SSSR count). The van der Waals surface area contributed by atoms with Crippen LogP contribution in [0.25, 0.3) is 0 Å². The van der Waals surface area contributed by atoms with Crippen molar-refractivity contribution in [3.8, 4) is 0 Å². The lowest BCUT2D eigenvalue weighted by molar-refractivity contribution is 0.504. The van der Waals surface area contributed by atoms with E-state index in [9.17, 15) is 4.39 Å². The molecule has 1 N–H and O–H groups in total. The van der Waals surface area contributed by atoms with Gasteiger partial charge < -0.3 is 9.73 Å². The first-order valence-corrected chi connectivity index (χ1v) is 6.58. The molecule has 1 heterocycles. The Balaban J connectivity index is 2.54. The van der Waals surface area contributed by atoms with Crippen LogP contribution in [0.5, 0.6) is 0 Å². The van der Waals surface area contributed by atoms with Crippen LogP contribution >= 0.6 is 0 Å². The summed E-state index contributed by atoms with van der Waals surface area (Å²) in [5.74, 6) is 0.791. The van der Waals surface area contributed by atoms with Gasteiger partial charge >= 0.3 is 0 Å². The highest BCUT2D eigenvalue weighted by Crippen LogP contribution is 2.31. The fourth-order valence-electron chi connectivity index (χ4n) is 2.73. The largest absolute Gasteiger partial charge is 0.469 e. The van der Waals surface area contributed by atoms with E-state index in [1.54, 1.807) is 18.4 Å². The third-order valence-corrected chi connectivity index (χ3v) is 3.55. The predicted molar refractivity (Wildman–Crippen MR) is 74.9 cm³/mol. The molecule has 0 aliphatic heterocycles. The van der Waals surface area contributed by atoms with Crippen molar-refractivity contribution in [2.45, 2.75) is 33.2 Å². The van der Waals surface area contributed by atoms with Gasteiger partial charge in [0.1, 0.15) is 11.6 Å². The van der Waals surface area contributed by atoms with Crippen LogP contribution in [0.15, 0.2) is 28.9 Å². The van der Waals surface area contributed by atoms with Crippen LogP contribution in [0.1, 0.15) is 41.0 Å². The zero-order chi connectivity index (χ0) is 14.0. The minimum Gasteiger partial charge on any atom is -0.469 e. The SMILES string of the molecule is CCc1occc1C(NC)c1c(C)cc(F)cc1C. The van der Waals surface area contributed by atoms with Gasteiger partial charge in [0.2, 0.25) is 0 Å². The van der Waals surface area contributed by atoms with E-state index in [0.29, 0.717) is 0 Å². The van der Waals surface area contributed by atoms with Gasteiger partial charge in [-0.1, -0.05) is 6.92 Å². The molecule has 3 heteroatoms. The van der Waals surface area contributed by atoms with Gasteiger partial charge in [0, 0.05) is 12.0 Å². The van der Waals surface area contributed by atoms with E-state index in [0.717, 1.165) is 34.4 Å². The molecular weight excluding hydrogens is 241 g/mol. The molecule has 0 spiro atoms. The Morgan fingerprint density at radius 1 is 1.26 bits per heavy atom. The maximum absolute atomic E-state index is 13.4. The molecule has 19 heavy (non-hydrogen) atoms. The standard InChI is InChI=1S/C16H20FNO/c1-5-14-13(6-7-19-14)16(18-4)15-10(2)8-12(17)9-11(15)3/h6-9,16,18H,5H2,1-4H3. The van der Waals surface area contributed by atoms with Crippen molar-refractivity contribution < 1.29 is 8.81 Å². The summed E-state index contributed by atoms with van der Waals surface area (Å²) in [4.78, 5) is 0. The van der Waals surface area contributed by atoms with Crippen molar-refractivity contribution in [3.05, 3.63) is 58.3 Å². The second kappa shape index (κ2) is 5.57. The molecule has 0 aliphatic rings. The average molecular weight is 261 g/mol. The maximum atomic E-state index is 13.4. The van der Waals surface area contributed by atoms with E-state index in [2.05, 4.69) is 12.2 Å². The first kappa shape index (κ1) is 13.8. The van der Waals surface area contributed by atoms with Crippen LogP contribution in [0.4, 0.5) is 4.39 Å². The zero-order valence-corrected chi connectivity index (χ0v) is 11.9. The summed E-state index contributed by atoms with van der Waals surface area (Å²) in [6, 6.07) is 5.19. The number of furan rings is 1. The second-order valence-corrected chi connectivity index (χ2v) is 4.83. The lowest BCUT2D eigenvalue weighted by atomic mass is 9.91. The molecule has 0 bridgehead atoms. The second-order valence-electron chi connectivity index (χ2n) is 4.83. The zero-order valence-electron chi connectivity index (χ0n) is 11.9. The summed E-state index contributed by atoms with van der Waals surface area (Å²) >= 11 is 0. The molecular formula is C16H20FNO. The summed E-state index contributed by atoms with van der Waals surface area (Å²) in [5.41, 5.74) is 4.17. The Hall–Kier alpha value is -1.61. The van der Waals surface area contributed by atoms with Crippen LogP contribution in [-0.4, -0.2) is 7.05 Å². The molecule has 1 aromatic heterocycles. The van der Waals surface area contributed by atoms with Crippen LogP contribution in [0.2, 0.25) is 0 Å². The van der Waals surface area contributed by atoms with Gasteiger partial charge in [-0.25, -0.2) is 4.39 Å². The number of nitrogens with one attached hydrogen (secondary N) is 1. The summed E-state index contributed by atoms with van der Waals surface area (Å²) in [7, 11) is 1.92. The van der Waals surface area contributed by atoms with Gasteiger partial charge in [-0.15, -0.1) is 0 Å². The first-order valence-electron chi connectivity index (χ1n) is 6.58. The van der Waals surface area contributed by atoms with Gasteiger partial charge in [-0.3, -0.25) is 0 Å². The third-order valence-electron chi connectivity index (χ3n) is 3.55. The van der Waals surface area contributed by atoms with Crippen molar-refractivity contribution in [1.82, 2.24) is 5.32 Å². The molecule has 0 amide bonds. The number of aryl methyl sites for hydroxylation is 3. The van der Waals surface area contributed by atoms with E-state index in [1.807, 2.05) is 27.0 Å². The highest BCUT2D eigenvalue weighted by molar-refractivity contribution is 5.43. The number of hydrogen-bond donors (Lipinski definition) is 1. The Morgan fingerprint density at radius 3 is 2.42 bits per heavy atom. The molecule has 0 fully saturated rings. The maximum Gasteiger partial charge on any atom is 0.123 e. The first-order chi connectivity index (χ1) is 9.08. The minimum absolute atomic E-state index is 0.0364. The van der Waals surface area contributed by atoms with Crippen LogP contribution in [-0.2, 0) is 6.42 Å². The van der Waals surface area contributed by atoms with Crippen molar-refractivity contribution in [3.63, 3.8) is 0 Å². The van der Waals surface area contributed by atoms with Crippen LogP contribution in [0.3, 0.4) is 0 Å². The van der Waals surface area contributed by atoms with Crippen molar-refractivity contribution in [2.24, 2.45) is 0 Å². The molecule has 102 valence electrons.